The van der Waals surface area contributed by atoms with Crippen LogP contribution in [0.25, 0.3) is 0 Å². The van der Waals surface area contributed by atoms with Gasteiger partial charge in [-0.1, -0.05) is 20.8 Å². The molecule has 1 N–H and O–H groups in total. The Morgan fingerprint density at radius 1 is 1.21 bits per heavy atom. The molecule has 82 valence electrons. The van der Waals surface area contributed by atoms with Crippen molar-refractivity contribution in [1.29, 1.82) is 0 Å². The van der Waals surface area contributed by atoms with E-state index in [2.05, 4.69) is 32.0 Å². The Kier molecular flexibility index (Phi) is 8.78. The summed E-state index contributed by atoms with van der Waals surface area (Å²) in [6.45, 7) is 7.87. The Bertz CT molecular complexity index is 155. The summed E-state index contributed by atoms with van der Waals surface area (Å²) >= 11 is 0. The van der Waals surface area contributed by atoms with E-state index in [4.69, 9.17) is 6.42 Å². The first-order valence-corrected chi connectivity index (χ1v) is 5.87. The van der Waals surface area contributed by atoms with Crippen molar-refractivity contribution in [3.05, 3.63) is 0 Å². The highest BCUT2D eigenvalue weighted by Gasteiger charge is 2.07. The Morgan fingerprint density at radius 2 is 1.93 bits per heavy atom. The molecule has 0 saturated carbocycles. The number of hydrogen-bond donors (Lipinski definition) is 1. The third-order valence-corrected chi connectivity index (χ3v) is 2.41. The van der Waals surface area contributed by atoms with Crippen molar-refractivity contribution in [2.45, 2.75) is 58.9 Å². The molecule has 0 aromatic rings. The zero-order valence-corrected chi connectivity index (χ0v) is 9.97. The first-order valence-electron chi connectivity index (χ1n) is 5.87. The molecule has 0 aliphatic heterocycles. The highest BCUT2D eigenvalue weighted by atomic mass is 14.9. The molecule has 0 amide bonds. The van der Waals surface area contributed by atoms with E-state index >= 15 is 0 Å². The molecule has 0 aliphatic rings. The van der Waals surface area contributed by atoms with Crippen molar-refractivity contribution in [2.24, 2.45) is 5.92 Å². The molecule has 1 unspecified atom stereocenters. The van der Waals surface area contributed by atoms with Crippen LogP contribution < -0.4 is 5.32 Å². The lowest BCUT2D eigenvalue weighted by Gasteiger charge is -2.18. The maximum Gasteiger partial charge on any atom is 0.0101 e. The highest BCUT2D eigenvalue weighted by molar-refractivity contribution is 4.85. The van der Waals surface area contributed by atoms with Gasteiger partial charge in [0.25, 0.3) is 0 Å². The van der Waals surface area contributed by atoms with Crippen molar-refractivity contribution >= 4 is 0 Å². The van der Waals surface area contributed by atoms with E-state index in [-0.39, 0.29) is 0 Å². The molecular formula is C13H25N. The van der Waals surface area contributed by atoms with Crippen LogP contribution in [0.1, 0.15) is 52.9 Å². The van der Waals surface area contributed by atoms with Crippen molar-refractivity contribution < 1.29 is 0 Å². The Labute approximate surface area is 89.7 Å². The first-order chi connectivity index (χ1) is 6.70. The minimum Gasteiger partial charge on any atom is -0.314 e. The van der Waals surface area contributed by atoms with Gasteiger partial charge >= 0.3 is 0 Å². The van der Waals surface area contributed by atoms with Crippen LogP contribution >= 0.6 is 0 Å². The van der Waals surface area contributed by atoms with Gasteiger partial charge in [0.1, 0.15) is 0 Å². The molecule has 0 spiro atoms. The number of rotatable bonds is 8. The van der Waals surface area contributed by atoms with Gasteiger partial charge < -0.3 is 5.32 Å². The lowest BCUT2D eigenvalue weighted by Crippen LogP contribution is -2.30. The summed E-state index contributed by atoms with van der Waals surface area (Å²) in [6.07, 6.45) is 11.1. The summed E-state index contributed by atoms with van der Waals surface area (Å²) in [6, 6.07) is 0.633. The molecule has 0 aliphatic carbocycles. The Balaban J connectivity index is 3.67. The van der Waals surface area contributed by atoms with E-state index in [1.54, 1.807) is 0 Å². The van der Waals surface area contributed by atoms with Crippen LogP contribution in [0.5, 0.6) is 0 Å². The molecule has 1 atom stereocenters. The minimum absolute atomic E-state index is 0.633. The smallest absolute Gasteiger partial charge is 0.0101 e. The van der Waals surface area contributed by atoms with Gasteiger partial charge in [0.2, 0.25) is 0 Å². The van der Waals surface area contributed by atoms with Gasteiger partial charge in [0.15, 0.2) is 0 Å². The topological polar surface area (TPSA) is 12.0 Å². The van der Waals surface area contributed by atoms with Crippen LogP contribution in [-0.4, -0.2) is 12.6 Å². The van der Waals surface area contributed by atoms with Gasteiger partial charge in [0.05, 0.1) is 0 Å². The monoisotopic (exact) mass is 195 g/mol. The first kappa shape index (κ1) is 13.5. The molecule has 0 aromatic carbocycles. The van der Waals surface area contributed by atoms with Crippen molar-refractivity contribution in [3.63, 3.8) is 0 Å². The average molecular weight is 195 g/mol. The summed E-state index contributed by atoms with van der Waals surface area (Å²) in [5.74, 6) is 3.52. The van der Waals surface area contributed by atoms with E-state index in [0.29, 0.717) is 6.04 Å². The maximum absolute atomic E-state index is 5.28. The predicted octanol–water partition coefficient (Wildman–Crippen LogP) is 3.20. The minimum atomic E-state index is 0.633. The highest BCUT2D eigenvalue weighted by Crippen LogP contribution is 2.10. The van der Waals surface area contributed by atoms with Gasteiger partial charge in [0, 0.05) is 12.5 Å². The van der Waals surface area contributed by atoms with E-state index in [9.17, 15) is 0 Å². The third-order valence-electron chi connectivity index (χ3n) is 2.41. The average Bonchev–Trinajstić information content (AvgIpc) is 2.16. The lowest BCUT2D eigenvalue weighted by molar-refractivity contribution is 0.413. The van der Waals surface area contributed by atoms with Gasteiger partial charge in [-0.05, 0) is 38.1 Å². The molecule has 0 radical (unpaired) electrons. The van der Waals surface area contributed by atoms with Gasteiger partial charge in [-0.25, -0.2) is 0 Å². The molecule has 0 rings (SSSR count). The van der Waals surface area contributed by atoms with E-state index < -0.39 is 0 Å². The molecule has 0 saturated heterocycles. The fraction of sp³-hybridized carbons (Fsp3) is 0.846. The maximum atomic E-state index is 5.28. The second kappa shape index (κ2) is 9.09. The van der Waals surface area contributed by atoms with Crippen LogP contribution in [0.2, 0.25) is 0 Å². The zero-order chi connectivity index (χ0) is 10.8. The Morgan fingerprint density at radius 3 is 2.43 bits per heavy atom. The predicted molar refractivity (Wildman–Crippen MR) is 64.2 cm³/mol. The molecule has 0 heterocycles. The van der Waals surface area contributed by atoms with Crippen LogP contribution in [0.3, 0.4) is 0 Å². The number of terminal acetylenes is 1. The fourth-order valence-corrected chi connectivity index (χ4v) is 1.49. The molecule has 0 aromatic heterocycles. The van der Waals surface area contributed by atoms with Crippen LogP contribution in [0.4, 0.5) is 0 Å². The van der Waals surface area contributed by atoms with E-state index in [1.165, 1.54) is 19.3 Å². The van der Waals surface area contributed by atoms with Crippen LogP contribution in [0, 0.1) is 18.3 Å². The van der Waals surface area contributed by atoms with Crippen LogP contribution in [-0.2, 0) is 0 Å². The van der Waals surface area contributed by atoms with Crippen molar-refractivity contribution in [2.75, 3.05) is 6.54 Å². The van der Waals surface area contributed by atoms with Gasteiger partial charge in [-0.2, -0.15) is 0 Å². The summed E-state index contributed by atoms with van der Waals surface area (Å²) in [5, 5.41) is 3.56. The Hall–Kier alpha value is -0.480. The lowest BCUT2D eigenvalue weighted by atomic mass is 10.00. The largest absolute Gasteiger partial charge is 0.314 e. The van der Waals surface area contributed by atoms with Gasteiger partial charge in [-0.15, -0.1) is 12.3 Å². The number of hydrogen-bond acceptors (Lipinski definition) is 1. The normalized spacial score (nSPS) is 12.8. The van der Waals surface area contributed by atoms with Crippen LogP contribution in [0.15, 0.2) is 0 Å². The summed E-state index contributed by atoms with van der Waals surface area (Å²) < 4.78 is 0. The van der Waals surface area contributed by atoms with Gasteiger partial charge in [-0.3, -0.25) is 0 Å². The zero-order valence-electron chi connectivity index (χ0n) is 9.97. The fourth-order valence-electron chi connectivity index (χ4n) is 1.49. The molecule has 1 heteroatoms. The quantitative estimate of drug-likeness (QED) is 0.586. The SMILES string of the molecule is C#CCCC(CCC(C)C)NCCC. The van der Waals surface area contributed by atoms with Crippen molar-refractivity contribution in [1.82, 2.24) is 5.32 Å². The molecule has 0 fully saturated rings. The molecule has 1 nitrogen and oxygen atoms in total. The summed E-state index contributed by atoms with van der Waals surface area (Å²) in [7, 11) is 0. The third kappa shape index (κ3) is 8.13. The second-order valence-electron chi connectivity index (χ2n) is 4.37. The summed E-state index contributed by atoms with van der Waals surface area (Å²) in [4.78, 5) is 0. The molecular weight excluding hydrogens is 170 g/mol. The summed E-state index contributed by atoms with van der Waals surface area (Å²) in [5.41, 5.74) is 0. The molecule has 14 heavy (non-hydrogen) atoms. The molecule has 0 bridgehead atoms. The van der Waals surface area contributed by atoms with Crippen molar-refractivity contribution in [3.8, 4) is 12.3 Å². The number of nitrogens with one attached hydrogen (secondary N) is 1. The standard InChI is InChI=1S/C13H25N/c1-5-7-8-13(14-11-6-2)10-9-12(3)4/h1,12-14H,6-11H2,2-4H3. The second-order valence-corrected chi connectivity index (χ2v) is 4.37. The van der Waals surface area contributed by atoms with E-state index in [1.807, 2.05) is 0 Å². The van der Waals surface area contributed by atoms with E-state index in [0.717, 1.165) is 25.3 Å².